The molecule has 4 rings (SSSR count). The summed E-state index contributed by atoms with van der Waals surface area (Å²) in [5, 5.41) is 21.6. The summed E-state index contributed by atoms with van der Waals surface area (Å²) < 4.78 is 0. The summed E-state index contributed by atoms with van der Waals surface area (Å²) in [5.74, 6) is 1.91. The van der Waals surface area contributed by atoms with Gasteiger partial charge in [-0.05, 0) is 92.8 Å². The summed E-state index contributed by atoms with van der Waals surface area (Å²) in [6.45, 7) is 4.84. The number of rotatable bonds is 0. The van der Waals surface area contributed by atoms with Gasteiger partial charge in [0.25, 0.3) is 0 Å². The van der Waals surface area contributed by atoms with Crippen LogP contribution in [-0.2, 0) is 0 Å². The van der Waals surface area contributed by atoms with Crippen molar-refractivity contribution in [1.29, 1.82) is 0 Å². The van der Waals surface area contributed by atoms with Crippen LogP contribution in [-0.4, -0.2) is 21.9 Å². The summed E-state index contributed by atoms with van der Waals surface area (Å²) in [7, 11) is 0. The van der Waals surface area contributed by atoms with Gasteiger partial charge in [0.1, 0.15) is 0 Å². The molecule has 0 bridgehead atoms. The summed E-state index contributed by atoms with van der Waals surface area (Å²) in [4.78, 5) is 0. The average molecular weight is 292 g/mol. The first kappa shape index (κ1) is 14.5. The van der Waals surface area contributed by atoms with Crippen LogP contribution in [0.1, 0.15) is 78.1 Å². The predicted octanol–water partition coefficient (Wildman–Crippen LogP) is 3.90. The fraction of sp³-hybridized carbons (Fsp3) is 1.00. The molecule has 0 spiro atoms. The molecule has 0 aromatic carbocycles. The van der Waals surface area contributed by atoms with E-state index in [1.165, 1.54) is 44.9 Å². The Kier molecular flexibility index (Phi) is 3.09. The quantitative estimate of drug-likeness (QED) is 0.711. The molecule has 120 valence electrons. The third-order valence-electron chi connectivity index (χ3n) is 8.62. The minimum absolute atomic E-state index is 0.0666. The van der Waals surface area contributed by atoms with Crippen LogP contribution in [0.15, 0.2) is 0 Å². The van der Waals surface area contributed by atoms with E-state index in [-0.39, 0.29) is 17.1 Å². The Morgan fingerprint density at radius 1 is 0.857 bits per heavy atom. The maximum absolute atomic E-state index is 11.6. The Labute approximate surface area is 129 Å². The Balaban J connectivity index is 1.67. The van der Waals surface area contributed by atoms with Crippen molar-refractivity contribution in [2.24, 2.45) is 28.6 Å². The van der Waals surface area contributed by atoms with Gasteiger partial charge in [-0.1, -0.05) is 13.8 Å². The Morgan fingerprint density at radius 2 is 1.67 bits per heavy atom. The zero-order valence-electron chi connectivity index (χ0n) is 13.8. The van der Waals surface area contributed by atoms with Crippen LogP contribution in [0.25, 0.3) is 0 Å². The van der Waals surface area contributed by atoms with Gasteiger partial charge in [0.2, 0.25) is 0 Å². The molecular weight excluding hydrogens is 260 g/mol. The highest BCUT2D eigenvalue weighted by atomic mass is 16.3. The monoisotopic (exact) mass is 292 g/mol. The Morgan fingerprint density at radius 3 is 2.48 bits per heavy atom. The molecule has 0 aliphatic heterocycles. The van der Waals surface area contributed by atoms with Gasteiger partial charge < -0.3 is 10.2 Å². The van der Waals surface area contributed by atoms with Crippen LogP contribution in [0, 0.1) is 28.6 Å². The van der Waals surface area contributed by atoms with Gasteiger partial charge in [-0.3, -0.25) is 0 Å². The molecule has 0 aromatic rings. The summed E-state index contributed by atoms with van der Waals surface area (Å²) in [6.07, 6.45) is 11.5. The van der Waals surface area contributed by atoms with E-state index < -0.39 is 0 Å². The Bertz CT molecular complexity index is 435. The minimum Gasteiger partial charge on any atom is -0.393 e. The van der Waals surface area contributed by atoms with Crippen LogP contribution >= 0.6 is 0 Å². The van der Waals surface area contributed by atoms with Crippen molar-refractivity contribution in [2.45, 2.75) is 89.8 Å². The lowest BCUT2D eigenvalue weighted by Gasteiger charge is -2.63. The van der Waals surface area contributed by atoms with Crippen molar-refractivity contribution in [1.82, 2.24) is 0 Å². The standard InChI is InChI=1S/C19H32O2/c1-17-8-3-9-19(17,21)16-5-4-13-12-14(20)6-11-18(13,2)15(16)7-10-17/h13-16,20-21H,3-12H2,1-2H3/t13?,14?,15-,16+,17-,18-,19?/m0/s1. The molecule has 4 aliphatic rings. The predicted molar refractivity (Wildman–Crippen MR) is 83.8 cm³/mol. The lowest BCUT2D eigenvalue weighted by Crippen LogP contribution is -2.61. The van der Waals surface area contributed by atoms with Gasteiger partial charge in [0.05, 0.1) is 11.7 Å². The van der Waals surface area contributed by atoms with Crippen molar-refractivity contribution in [3.63, 3.8) is 0 Å². The van der Waals surface area contributed by atoms with Gasteiger partial charge in [0.15, 0.2) is 0 Å². The lowest BCUT2D eigenvalue weighted by molar-refractivity contribution is -0.202. The molecule has 0 aromatic heterocycles. The number of hydrogen-bond acceptors (Lipinski definition) is 2. The van der Waals surface area contributed by atoms with Crippen LogP contribution in [0.5, 0.6) is 0 Å². The van der Waals surface area contributed by atoms with Gasteiger partial charge in [-0.25, -0.2) is 0 Å². The van der Waals surface area contributed by atoms with Gasteiger partial charge in [0, 0.05) is 0 Å². The van der Waals surface area contributed by atoms with E-state index in [0.29, 0.717) is 23.2 Å². The van der Waals surface area contributed by atoms with Gasteiger partial charge in [-0.15, -0.1) is 0 Å². The van der Waals surface area contributed by atoms with E-state index in [1.54, 1.807) is 0 Å². The van der Waals surface area contributed by atoms with Crippen LogP contribution in [0.2, 0.25) is 0 Å². The highest BCUT2D eigenvalue weighted by molar-refractivity contribution is 5.14. The highest BCUT2D eigenvalue weighted by Crippen LogP contribution is 2.67. The van der Waals surface area contributed by atoms with Crippen LogP contribution in [0.4, 0.5) is 0 Å². The van der Waals surface area contributed by atoms with Crippen molar-refractivity contribution in [3.8, 4) is 0 Å². The van der Waals surface area contributed by atoms with Crippen LogP contribution < -0.4 is 0 Å². The van der Waals surface area contributed by atoms with Crippen molar-refractivity contribution >= 4 is 0 Å². The molecule has 2 N–H and O–H groups in total. The molecule has 0 saturated heterocycles. The van der Waals surface area contributed by atoms with Crippen molar-refractivity contribution in [2.75, 3.05) is 0 Å². The molecule has 0 amide bonds. The topological polar surface area (TPSA) is 40.5 Å². The van der Waals surface area contributed by atoms with E-state index in [0.717, 1.165) is 19.3 Å². The first-order valence-corrected chi connectivity index (χ1v) is 9.29. The highest BCUT2D eigenvalue weighted by Gasteiger charge is 2.64. The summed E-state index contributed by atoms with van der Waals surface area (Å²) in [6, 6.07) is 0. The smallest absolute Gasteiger partial charge is 0.0731 e. The third-order valence-corrected chi connectivity index (χ3v) is 8.62. The maximum Gasteiger partial charge on any atom is 0.0731 e. The molecule has 4 fully saturated rings. The number of aliphatic hydroxyl groups is 2. The van der Waals surface area contributed by atoms with Gasteiger partial charge in [-0.2, -0.15) is 0 Å². The summed E-state index contributed by atoms with van der Waals surface area (Å²) >= 11 is 0. The van der Waals surface area contributed by atoms with Gasteiger partial charge >= 0.3 is 0 Å². The molecule has 0 heterocycles. The van der Waals surface area contributed by atoms with E-state index in [2.05, 4.69) is 13.8 Å². The molecule has 21 heavy (non-hydrogen) atoms. The largest absolute Gasteiger partial charge is 0.393 e. The fourth-order valence-electron chi connectivity index (χ4n) is 7.19. The molecular formula is C19H32O2. The molecule has 2 nitrogen and oxygen atoms in total. The molecule has 7 atom stereocenters. The van der Waals surface area contributed by atoms with Crippen LogP contribution in [0.3, 0.4) is 0 Å². The van der Waals surface area contributed by atoms with E-state index >= 15 is 0 Å². The van der Waals surface area contributed by atoms with Crippen molar-refractivity contribution < 1.29 is 10.2 Å². The molecule has 0 radical (unpaired) electrons. The number of fused-ring (bicyclic) bond motifs is 5. The van der Waals surface area contributed by atoms with E-state index in [9.17, 15) is 10.2 Å². The zero-order chi connectivity index (χ0) is 14.9. The SMILES string of the molecule is C[C@@]12CCCC1(O)[C@@H]1CCC3CC(O)CC[C@]3(C)[C@H]1CC2. The molecule has 4 saturated carbocycles. The second-order valence-corrected chi connectivity index (χ2v) is 9.30. The first-order chi connectivity index (χ1) is 9.89. The summed E-state index contributed by atoms with van der Waals surface area (Å²) in [5.41, 5.74) is 0.174. The number of aliphatic hydroxyl groups excluding tert-OH is 1. The first-order valence-electron chi connectivity index (χ1n) is 9.29. The average Bonchev–Trinajstić information content (AvgIpc) is 2.75. The molecule has 4 aliphatic carbocycles. The molecule has 2 heteroatoms. The third kappa shape index (κ3) is 1.78. The second-order valence-electron chi connectivity index (χ2n) is 9.30. The minimum atomic E-state index is -0.389. The van der Waals surface area contributed by atoms with E-state index in [4.69, 9.17) is 0 Å². The number of hydrogen-bond donors (Lipinski definition) is 2. The van der Waals surface area contributed by atoms with Crippen molar-refractivity contribution in [3.05, 3.63) is 0 Å². The maximum atomic E-state index is 11.6. The van der Waals surface area contributed by atoms with E-state index in [1.807, 2.05) is 0 Å². The lowest BCUT2D eigenvalue weighted by atomic mass is 9.44. The fourth-order valence-corrected chi connectivity index (χ4v) is 7.19. The zero-order valence-corrected chi connectivity index (χ0v) is 13.8. The normalized spacial score (nSPS) is 60.0. The Hall–Kier alpha value is -0.0800. The second kappa shape index (κ2) is 4.47. The molecule has 3 unspecified atom stereocenters.